The van der Waals surface area contributed by atoms with E-state index >= 15 is 0 Å². The highest BCUT2D eigenvalue weighted by atomic mass is 19.1. The first-order valence-electron chi connectivity index (χ1n) is 7.00. The summed E-state index contributed by atoms with van der Waals surface area (Å²) >= 11 is 0. The molecule has 3 N–H and O–H groups in total. The Morgan fingerprint density at radius 1 is 1.55 bits per heavy atom. The van der Waals surface area contributed by atoms with Crippen molar-refractivity contribution in [2.45, 2.75) is 38.4 Å². The van der Waals surface area contributed by atoms with Crippen LogP contribution in [0.4, 0.5) is 4.39 Å². The molecule has 110 valence electrons. The van der Waals surface area contributed by atoms with Gasteiger partial charge in [-0.05, 0) is 45.0 Å². The van der Waals surface area contributed by atoms with Gasteiger partial charge in [-0.3, -0.25) is 9.69 Å². The highest BCUT2D eigenvalue weighted by molar-refractivity contribution is 5.92. The van der Waals surface area contributed by atoms with Gasteiger partial charge in [-0.1, -0.05) is 0 Å². The van der Waals surface area contributed by atoms with Crippen LogP contribution in [0.15, 0.2) is 18.2 Å². The number of rotatable bonds is 7. The van der Waals surface area contributed by atoms with Gasteiger partial charge in [-0.2, -0.15) is 0 Å². The number of carbonyl (C=O) groups excluding carboxylic acids is 1. The van der Waals surface area contributed by atoms with Gasteiger partial charge >= 0.3 is 0 Å². The van der Waals surface area contributed by atoms with Gasteiger partial charge in [0.25, 0.3) is 0 Å². The summed E-state index contributed by atoms with van der Waals surface area (Å²) in [6.45, 7) is 3.34. The zero-order valence-corrected chi connectivity index (χ0v) is 12.0. The zero-order chi connectivity index (χ0) is 14.7. The number of hydrogen-bond acceptors (Lipinski definition) is 3. The van der Waals surface area contributed by atoms with Crippen LogP contribution in [-0.2, 0) is 6.54 Å². The molecule has 0 bridgehead atoms. The Labute approximate surface area is 119 Å². The summed E-state index contributed by atoms with van der Waals surface area (Å²) in [6.07, 6.45) is 2.55. The molecule has 5 heteroatoms. The van der Waals surface area contributed by atoms with Crippen molar-refractivity contribution in [2.24, 2.45) is 5.73 Å². The molecular weight excluding hydrogens is 257 g/mol. The lowest BCUT2D eigenvalue weighted by Gasteiger charge is -2.24. The molecule has 1 atom stereocenters. The van der Waals surface area contributed by atoms with Crippen molar-refractivity contribution >= 4 is 5.91 Å². The number of benzene rings is 1. The van der Waals surface area contributed by atoms with Gasteiger partial charge in [0.1, 0.15) is 5.82 Å². The third kappa shape index (κ3) is 3.77. The molecule has 0 saturated heterocycles. The Kier molecular flexibility index (Phi) is 4.73. The van der Waals surface area contributed by atoms with Crippen LogP contribution >= 0.6 is 0 Å². The number of hydrogen-bond donors (Lipinski definition) is 2. The van der Waals surface area contributed by atoms with Crippen molar-refractivity contribution in [3.63, 3.8) is 0 Å². The minimum absolute atomic E-state index is 0.314. The lowest BCUT2D eigenvalue weighted by atomic mass is 10.1. The summed E-state index contributed by atoms with van der Waals surface area (Å²) < 4.78 is 13.7. The van der Waals surface area contributed by atoms with Crippen molar-refractivity contribution in [1.82, 2.24) is 10.2 Å². The molecule has 1 aromatic carbocycles. The summed E-state index contributed by atoms with van der Waals surface area (Å²) in [6, 6.07) is 5.33. The Morgan fingerprint density at radius 3 is 2.85 bits per heavy atom. The fourth-order valence-electron chi connectivity index (χ4n) is 2.26. The van der Waals surface area contributed by atoms with Crippen LogP contribution < -0.4 is 11.1 Å². The van der Waals surface area contributed by atoms with Crippen LogP contribution in [0.2, 0.25) is 0 Å². The lowest BCUT2D eigenvalue weighted by Crippen LogP contribution is -2.39. The van der Waals surface area contributed by atoms with Crippen LogP contribution in [0.3, 0.4) is 0 Å². The number of likely N-dealkylation sites (N-methyl/N-ethyl adjacent to an activating group) is 1. The normalized spacial score (nSPS) is 16.4. The third-order valence-electron chi connectivity index (χ3n) is 3.90. The van der Waals surface area contributed by atoms with E-state index in [1.807, 2.05) is 0 Å². The second kappa shape index (κ2) is 6.33. The van der Waals surface area contributed by atoms with E-state index in [0.717, 1.165) is 6.54 Å². The average molecular weight is 279 g/mol. The standard InChI is InChI=1S/C15H22FN3O/c1-10(19(2)13-4-5-13)8-18-9-12-7-11(15(17)20)3-6-14(12)16/h3,6-7,10,13,18H,4-5,8-9H2,1-2H3,(H2,17,20). The Morgan fingerprint density at radius 2 is 2.25 bits per heavy atom. The molecule has 1 saturated carbocycles. The van der Waals surface area contributed by atoms with Crippen LogP contribution in [0.1, 0.15) is 35.7 Å². The first-order chi connectivity index (χ1) is 9.49. The number of nitrogens with two attached hydrogens (primary N) is 1. The molecular formula is C15H22FN3O. The summed E-state index contributed by atoms with van der Waals surface area (Å²) in [5, 5.41) is 3.24. The van der Waals surface area contributed by atoms with E-state index in [2.05, 4.69) is 24.2 Å². The van der Waals surface area contributed by atoms with Crippen molar-refractivity contribution in [3.8, 4) is 0 Å². The van der Waals surface area contributed by atoms with E-state index in [0.29, 0.717) is 29.8 Å². The smallest absolute Gasteiger partial charge is 0.248 e. The molecule has 1 amide bonds. The van der Waals surface area contributed by atoms with Gasteiger partial charge in [-0.15, -0.1) is 0 Å². The Hall–Kier alpha value is -1.46. The largest absolute Gasteiger partial charge is 0.366 e. The number of primary amides is 1. The van der Waals surface area contributed by atoms with Crippen LogP contribution in [0.25, 0.3) is 0 Å². The second-order valence-corrected chi connectivity index (χ2v) is 5.55. The molecule has 2 rings (SSSR count). The predicted octanol–water partition coefficient (Wildman–Crippen LogP) is 1.50. The zero-order valence-electron chi connectivity index (χ0n) is 12.0. The van der Waals surface area contributed by atoms with Crippen molar-refractivity contribution in [1.29, 1.82) is 0 Å². The van der Waals surface area contributed by atoms with Gasteiger partial charge in [-0.25, -0.2) is 4.39 Å². The minimum Gasteiger partial charge on any atom is -0.366 e. The molecule has 1 fully saturated rings. The highest BCUT2D eigenvalue weighted by Gasteiger charge is 2.28. The first kappa shape index (κ1) is 14.9. The minimum atomic E-state index is -0.534. The molecule has 0 spiro atoms. The average Bonchev–Trinajstić information content (AvgIpc) is 3.24. The van der Waals surface area contributed by atoms with Gasteiger partial charge in [0.2, 0.25) is 5.91 Å². The fourth-order valence-corrected chi connectivity index (χ4v) is 2.26. The number of nitrogens with zero attached hydrogens (tertiary/aromatic N) is 1. The van der Waals surface area contributed by atoms with Crippen molar-refractivity contribution in [3.05, 3.63) is 35.1 Å². The fraction of sp³-hybridized carbons (Fsp3) is 0.533. The van der Waals surface area contributed by atoms with E-state index in [-0.39, 0.29) is 5.82 Å². The van der Waals surface area contributed by atoms with E-state index in [1.54, 1.807) is 0 Å². The number of carbonyl (C=O) groups is 1. The van der Waals surface area contributed by atoms with E-state index in [9.17, 15) is 9.18 Å². The maximum atomic E-state index is 13.7. The van der Waals surface area contributed by atoms with E-state index in [4.69, 9.17) is 5.73 Å². The van der Waals surface area contributed by atoms with Gasteiger partial charge in [0.15, 0.2) is 0 Å². The van der Waals surface area contributed by atoms with Crippen molar-refractivity contribution in [2.75, 3.05) is 13.6 Å². The Bertz CT molecular complexity index is 488. The summed E-state index contributed by atoms with van der Waals surface area (Å²) in [5.74, 6) is -0.848. The summed E-state index contributed by atoms with van der Waals surface area (Å²) in [5.41, 5.74) is 6.01. The maximum Gasteiger partial charge on any atom is 0.248 e. The molecule has 1 aromatic rings. The van der Waals surface area contributed by atoms with Gasteiger partial charge in [0.05, 0.1) is 0 Å². The number of amides is 1. The topological polar surface area (TPSA) is 58.4 Å². The molecule has 0 aliphatic heterocycles. The lowest BCUT2D eigenvalue weighted by molar-refractivity contribution is 0.1000. The van der Waals surface area contributed by atoms with Crippen molar-refractivity contribution < 1.29 is 9.18 Å². The molecule has 4 nitrogen and oxygen atoms in total. The number of halogens is 1. The molecule has 1 aliphatic rings. The molecule has 20 heavy (non-hydrogen) atoms. The van der Waals surface area contributed by atoms with E-state index < -0.39 is 5.91 Å². The molecule has 0 heterocycles. The highest BCUT2D eigenvalue weighted by Crippen LogP contribution is 2.26. The van der Waals surface area contributed by atoms with Crippen LogP contribution in [-0.4, -0.2) is 36.5 Å². The monoisotopic (exact) mass is 279 g/mol. The molecule has 0 aromatic heterocycles. The van der Waals surface area contributed by atoms with Gasteiger partial charge < -0.3 is 11.1 Å². The molecule has 1 unspecified atom stereocenters. The SMILES string of the molecule is CC(CNCc1cc(C(N)=O)ccc1F)N(C)C1CC1. The molecule has 1 aliphatic carbocycles. The summed E-state index contributed by atoms with van der Waals surface area (Å²) in [4.78, 5) is 13.4. The summed E-state index contributed by atoms with van der Waals surface area (Å²) in [7, 11) is 2.12. The quantitative estimate of drug-likeness (QED) is 0.795. The second-order valence-electron chi connectivity index (χ2n) is 5.55. The van der Waals surface area contributed by atoms with Crippen LogP contribution in [0, 0.1) is 5.82 Å². The predicted molar refractivity (Wildman–Crippen MR) is 76.9 cm³/mol. The third-order valence-corrected chi connectivity index (χ3v) is 3.90. The Balaban J connectivity index is 1.86. The number of nitrogens with one attached hydrogen (secondary N) is 1. The van der Waals surface area contributed by atoms with E-state index in [1.165, 1.54) is 31.0 Å². The molecule has 0 radical (unpaired) electrons. The van der Waals surface area contributed by atoms with Gasteiger partial charge in [0, 0.05) is 36.3 Å². The first-order valence-corrected chi connectivity index (χ1v) is 7.00. The maximum absolute atomic E-state index is 13.7. The van der Waals surface area contributed by atoms with Crippen LogP contribution in [0.5, 0.6) is 0 Å².